The summed E-state index contributed by atoms with van der Waals surface area (Å²) in [4.78, 5) is 31.1. The van der Waals surface area contributed by atoms with Crippen molar-refractivity contribution < 1.29 is 9.59 Å². The number of hydrogen-bond acceptors (Lipinski definition) is 4. The van der Waals surface area contributed by atoms with Crippen LogP contribution in [0.2, 0.25) is 0 Å². The molecule has 3 rings (SSSR count). The first-order chi connectivity index (χ1) is 11.0. The molecule has 0 radical (unpaired) electrons. The van der Waals surface area contributed by atoms with Crippen LogP contribution >= 0.6 is 9.24 Å². The number of nitrogens with zero attached hydrogens (tertiary/aromatic N) is 3. The average Bonchev–Trinajstić information content (AvgIpc) is 2.56. The highest BCUT2D eigenvalue weighted by Crippen LogP contribution is 2.46. The fourth-order valence-corrected chi connectivity index (χ4v) is 4.39. The Balaban J connectivity index is 1.92. The number of Topliss-reactive ketones (excluding diaryl/α,β-unsaturated/α-hetero) is 1. The molecule has 1 aliphatic carbocycles. The number of likely N-dealkylation sites (tertiary alicyclic amines) is 1. The minimum absolute atomic E-state index is 0.0466. The first-order valence-corrected chi connectivity index (χ1v) is 8.19. The van der Waals surface area contributed by atoms with E-state index in [2.05, 4.69) is 14.2 Å². The van der Waals surface area contributed by atoms with Gasteiger partial charge in [-0.1, -0.05) is 13.0 Å². The molecule has 1 fully saturated rings. The lowest BCUT2D eigenvalue weighted by molar-refractivity contribution is -0.140. The van der Waals surface area contributed by atoms with Crippen molar-refractivity contribution in [3.63, 3.8) is 0 Å². The first-order valence-electron chi connectivity index (χ1n) is 7.61. The summed E-state index contributed by atoms with van der Waals surface area (Å²) < 4.78 is 0. The molecule has 1 aromatic heterocycles. The van der Waals surface area contributed by atoms with Gasteiger partial charge in [-0.25, -0.2) is 0 Å². The Morgan fingerprint density at radius 1 is 1.52 bits per heavy atom. The number of carbonyl (C=O) groups excluding carboxylic acids is 2. The number of aromatic nitrogens is 1. The van der Waals surface area contributed by atoms with Crippen LogP contribution in [-0.2, 0) is 16.1 Å². The van der Waals surface area contributed by atoms with E-state index in [0.717, 1.165) is 12.0 Å². The van der Waals surface area contributed by atoms with Gasteiger partial charge in [0.25, 0.3) is 0 Å². The molecule has 2 heterocycles. The van der Waals surface area contributed by atoms with Crippen molar-refractivity contribution in [1.82, 2.24) is 9.88 Å². The van der Waals surface area contributed by atoms with E-state index in [9.17, 15) is 14.9 Å². The molecule has 1 aliphatic heterocycles. The summed E-state index contributed by atoms with van der Waals surface area (Å²) in [5, 5.41) is 8.33. The van der Waals surface area contributed by atoms with Gasteiger partial charge in [-0.2, -0.15) is 5.26 Å². The van der Waals surface area contributed by atoms with E-state index in [-0.39, 0.29) is 29.1 Å². The van der Waals surface area contributed by atoms with Gasteiger partial charge >= 0.3 is 0 Å². The van der Waals surface area contributed by atoms with E-state index < -0.39 is 5.16 Å². The zero-order valence-corrected chi connectivity index (χ0v) is 14.1. The summed E-state index contributed by atoms with van der Waals surface area (Å²) in [7, 11) is 2.61. The van der Waals surface area contributed by atoms with Crippen LogP contribution in [0, 0.1) is 23.2 Å². The van der Waals surface area contributed by atoms with E-state index in [4.69, 9.17) is 0 Å². The van der Waals surface area contributed by atoms with E-state index in [1.165, 1.54) is 0 Å². The summed E-state index contributed by atoms with van der Waals surface area (Å²) in [6, 6.07) is 5.73. The second kappa shape index (κ2) is 5.86. The Morgan fingerprint density at radius 2 is 2.30 bits per heavy atom. The molecule has 1 aromatic rings. The van der Waals surface area contributed by atoms with Gasteiger partial charge in [0, 0.05) is 31.4 Å². The molecule has 1 amide bonds. The van der Waals surface area contributed by atoms with Gasteiger partial charge in [-0.05, 0) is 30.0 Å². The van der Waals surface area contributed by atoms with Crippen molar-refractivity contribution in [3.05, 3.63) is 41.7 Å². The number of piperidine rings is 1. The molecule has 4 atom stereocenters. The fraction of sp³-hybridized carbons (Fsp3) is 0.412. The SMILES string of the molecule is C[C@H]1C(=O)C(C#N)=C[C@@]2(P)C(=O)N(Cc3cccnc3)CCC12. The molecule has 0 bridgehead atoms. The average molecular weight is 327 g/mol. The van der Waals surface area contributed by atoms with Gasteiger partial charge in [0.05, 0.1) is 10.7 Å². The maximum absolute atomic E-state index is 13.0. The van der Waals surface area contributed by atoms with E-state index in [0.29, 0.717) is 13.1 Å². The minimum atomic E-state index is -0.862. The molecule has 118 valence electrons. The number of carbonyl (C=O) groups is 2. The van der Waals surface area contributed by atoms with Gasteiger partial charge in [-0.3, -0.25) is 14.6 Å². The topological polar surface area (TPSA) is 74.1 Å². The van der Waals surface area contributed by atoms with E-state index in [1.807, 2.05) is 25.1 Å². The van der Waals surface area contributed by atoms with Crippen molar-refractivity contribution in [2.75, 3.05) is 6.54 Å². The van der Waals surface area contributed by atoms with Crippen molar-refractivity contribution >= 4 is 20.9 Å². The number of amides is 1. The first kappa shape index (κ1) is 15.8. The lowest BCUT2D eigenvalue weighted by Crippen LogP contribution is -2.58. The maximum Gasteiger partial charge on any atom is 0.237 e. The van der Waals surface area contributed by atoms with Crippen LogP contribution in [0.25, 0.3) is 0 Å². The summed E-state index contributed by atoms with van der Waals surface area (Å²) in [5.74, 6) is -0.579. The predicted molar refractivity (Wildman–Crippen MR) is 88.1 cm³/mol. The molecular weight excluding hydrogens is 309 g/mol. The van der Waals surface area contributed by atoms with Gasteiger partial charge in [0.15, 0.2) is 5.78 Å². The number of hydrogen-bond donors (Lipinski definition) is 0. The normalized spacial score (nSPS) is 30.5. The van der Waals surface area contributed by atoms with Crippen LogP contribution in [0.3, 0.4) is 0 Å². The largest absolute Gasteiger partial charge is 0.337 e. The maximum atomic E-state index is 13.0. The highest BCUT2D eigenvalue weighted by molar-refractivity contribution is 7.21. The minimum Gasteiger partial charge on any atom is -0.337 e. The summed E-state index contributed by atoms with van der Waals surface area (Å²) in [6.07, 6.45) is 5.75. The van der Waals surface area contributed by atoms with Gasteiger partial charge in [-0.15, -0.1) is 9.24 Å². The molecule has 23 heavy (non-hydrogen) atoms. The Labute approximate surface area is 137 Å². The number of nitriles is 1. The van der Waals surface area contributed by atoms with Crippen molar-refractivity contribution in [3.8, 4) is 6.07 Å². The van der Waals surface area contributed by atoms with Crippen molar-refractivity contribution in [1.29, 1.82) is 5.26 Å². The molecule has 0 aromatic carbocycles. The molecule has 2 aliphatic rings. The summed E-state index contributed by atoms with van der Waals surface area (Å²) >= 11 is 0. The van der Waals surface area contributed by atoms with Crippen LogP contribution in [-0.4, -0.2) is 33.3 Å². The number of allylic oxidation sites excluding steroid dienone is 1. The Kier molecular flexibility index (Phi) is 4.04. The molecular formula is C17H18N3O2P. The number of pyridine rings is 1. The molecule has 0 spiro atoms. The predicted octanol–water partition coefficient (Wildman–Crippen LogP) is 1.71. The monoisotopic (exact) mass is 327 g/mol. The third-order valence-corrected chi connectivity index (χ3v) is 5.71. The highest BCUT2D eigenvalue weighted by atomic mass is 31.0. The quantitative estimate of drug-likeness (QED) is 0.775. The Morgan fingerprint density at radius 3 is 2.96 bits per heavy atom. The summed E-state index contributed by atoms with van der Waals surface area (Å²) in [5.41, 5.74) is 1.07. The van der Waals surface area contributed by atoms with Crippen LogP contribution in [0.15, 0.2) is 36.2 Å². The molecule has 0 N–H and O–H groups in total. The second-order valence-corrected chi connectivity index (χ2v) is 7.19. The standard InChI is InChI=1S/C17H18N3O2P/c1-11-14-4-6-20(10-12-3-2-5-19-9-12)16(22)17(14,23)7-13(8-18)15(11)21/h2-3,5,7,9,11,14H,4,6,10,23H2,1H3/t11-,14?,17+/m1/s1. The fourth-order valence-electron chi connectivity index (χ4n) is 3.59. The van der Waals surface area contributed by atoms with Crippen LogP contribution in [0.1, 0.15) is 18.9 Å². The zero-order valence-electron chi connectivity index (χ0n) is 12.9. The molecule has 6 heteroatoms. The number of ketones is 1. The van der Waals surface area contributed by atoms with Crippen molar-refractivity contribution in [2.24, 2.45) is 11.8 Å². The highest BCUT2D eigenvalue weighted by Gasteiger charge is 2.52. The molecule has 1 saturated heterocycles. The van der Waals surface area contributed by atoms with Crippen molar-refractivity contribution in [2.45, 2.75) is 25.0 Å². The zero-order chi connectivity index (χ0) is 16.6. The lowest BCUT2D eigenvalue weighted by atomic mass is 9.69. The lowest BCUT2D eigenvalue weighted by Gasteiger charge is -2.47. The Bertz CT molecular complexity index is 725. The third-order valence-electron chi connectivity index (χ3n) is 4.86. The smallest absolute Gasteiger partial charge is 0.237 e. The van der Waals surface area contributed by atoms with Gasteiger partial charge in [0.1, 0.15) is 6.07 Å². The van der Waals surface area contributed by atoms with Crippen LogP contribution < -0.4 is 0 Å². The van der Waals surface area contributed by atoms with E-state index >= 15 is 0 Å². The van der Waals surface area contributed by atoms with Gasteiger partial charge < -0.3 is 4.90 Å². The summed E-state index contributed by atoms with van der Waals surface area (Å²) in [6.45, 7) is 2.93. The van der Waals surface area contributed by atoms with Crippen LogP contribution in [0.5, 0.6) is 0 Å². The third kappa shape index (κ3) is 2.58. The number of fused-ring (bicyclic) bond motifs is 1. The van der Waals surface area contributed by atoms with Crippen LogP contribution in [0.4, 0.5) is 0 Å². The second-order valence-electron chi connectivity index (χ2n) is 6.24. The Hall–Kier alpha value is -2.05. The van der Waals surface area contributed by atoms with E-state index in [1.54, 1.807) is 23.4 Å². The molecule has 0 saturated carbocycles. The molecule has 2 unspecified atom stereocenters. The number of rotatable bonds is 2. The molecule has 5 nitrogen and oxygen atoms in total. The van der Waals surface area contributed by atoms with Gasteiger partial charge in [0.2, 0.25) is 5.91 Å².